The Kier molecular flexibility index (Phi) is 18.3. The number of carbonyl (C=O) groups excluding carboxylic acids is 1. The van der Waals surface area contributed by atoms with Crippen molar-refractivity contribution in [2.24, 2.45) is 50.2 Å². The molecule has 10 rings (SSSR count). The van der Waals surface area contributed by atoms with Gasteiger partial charge >= 0.3 is 11.9 Å². The lowest BCUT2D eigenvalue weighted by Gasteiger charge is -2.73. The zero-order valence-corrected chi connectivity index (χ0v) is 49.2. The van der Waals surface area contributed by atoms with Gasteiger partial charge in [-0.2, -0.15) is 0 Å². The van der Waals surface area contributed by atoms with Crippen LogP contribution in [0.1, 0.15) is 93.4 Å². The van der Waals surface area contributed by atoms with Gasteiger partial charge in [0, 0.05) is 11.3 Å². The first kappa shape index (κ1) is 66.6. The molecule has 4 saturated carbocycles. The highest BCUT2D eigenvalue weighted by Gasteiger charge is 2.75. The van der Waals surface area contributed by atoms with Gasteiger partial charge in [0.15, 0.2) is 37.4 Å². The molecule has 9 fully saturated rings. The fraction of sp³-hybridized carbons (Fsp3) is 0.930. The summed E-state index contributed by atoms with van der Waals surface area (Å²) in [5, 5.41) is 189. The summed E-state index contributed by atoms with van der Waals surface area (Å²) >= 11 is 0. The minimum absolute atomic E-state index is 0.0230. The van der Waals surface area contributed by atoms with Gasteiger partial charge in [-0.25, -0.2) is 4.79 Å². The highest BCUT2D eigenvalue weighted by atomic mass is 16.8. The van der Waals surface area contributed by atoms with Crippen LogP contribution in [-0.4, -0.2) is 285 Å². The average molecular weight is 1240 g/mol. The van der Waals surface area contributed by atoms with E-state index in [4.69, 9.17) is 47.4 Å². The monoisotopic (exact) mass is 1240 g/mol. The van der Waals surface area contributed by atoms with Crippen molar-refractivity contribution in [1.82, 2.24) is 0 Å². The number of aliphatic carboxylic acids is 1. The molecule has 86 heavy (non-hydrogen) atoms. The SMILES string of the molecule is C[C@@H]1O[C@@H](O[C@H]2[C@H](OC(=O)[C@]34CCC(C)(C)C[C@H]3C3=CC[C@@H]5[C@@]6(C)C[C@H](O)[C@H](O[C@@H]7O[C@H](C(=O)O)[C@@H](O)[C@H](O)[C@H]7O)[C@@](C)(CO)[C@@H]6[C@H](O)C[C@@]5(C)[C@]3(C)C[C@H]4O)OC[C@H](O)[C@@H]2O)[C@H](O)[C@H](O)[C@H]1O[C@@H]1OC[C@@H](O)[C@H](O[C@@H]2OC[C@](O)(CO)[C@H]2O)[C@H]1O. The number of carboxylic acid groups (broad SMARTS) is 1. The number of hydrogen-bond donors (Lipinski definition) is 17. The molecular weight excluding hydrogens is 1150 g/mol. The first-order valence-electron chi connectivity index (χ1n) is 29.8. The Labute approximate surface area is 495 Å². The normalized spacial score (nSPS) is 55.4. The predicted molar refractivity (Wildman–Crippen MR) is 282 cm³/mol. The van der Waals surface area contributed by atoms with Crippen molar-refractivity contribution in [1.29, 1.82) is 0 Å². The standard InChI is InChI=1S/C57H90O29/c1-21-37(81-45-36(71)38(27(63)17-77-45)82-49-42(72)56(76,19-59)20-79-49)33(68)35(70)46(80-21)84-40-30(65)26(62)16-78-48(40)86-50(75)57-11-10-51(2,3)12-23(57)22-8-9-28-52(4)13-25(61)43(85-47-34(69)31(66)32(67)39(83-47)44(73)74)53(5,18-58)41(52)24(60)14-55(28,7)54(22,6)15-29(57)64/h8,21,23-43,45-49,58-72,76H,9-20H2,1-7H3,(H,73,74)/t21-,23-,24+,25-,26-,27+,28+,29+,30-,31-,32-,33-,34+,35+,36+,37-,38-,39-,40+,41+,42-,43-,45-,46-,47-,48-,49-,52+,53-,54+,55+,56+,57+/m0/s1. The number of carbonyl (C=O) groups is 2. The number of esters is 1. The lowest BCUT2D eigenvalue weighted by Crippen LogP contribution is -2.73. The molecule has 0 aromatic rings. The summed E-state index contributed by atoms with van der Waals surface area (Å²) in [4.78, 5) is 27.4. The van der Waals surface area contributed by atoms with Crippen LogP contribution < -0.4 is 0 Å². The van der Waals surface area contributed by atoms with Crippen LogP contribution in [0.25, 0.3) is 0 Å². The van der Waals surface area contributed by atoms with E-state index in [0.717, 1.165) is 5.57 Å². The molecule has 17 N–H and O–H groups in total. The van der Waals surface area contributed by atoms with E-state index in [1.54, 1.807) is 6.92 Å². The largest absolute Gasteiger partial charge is 0.479 e. The van der Waals surface area contributed by atoms with Gasteiger partial charge in [-0.15, -0.1) is 0 Å². The van der Waals surface area contributed by atoms with E-state index in [-0.39, 0.29) is 31.6 Å². The topological polar surface area (TPSA) is 470 Å². The molecule has 0 unspecified atom stereocenters. The molecule has 0 aromatic heterocycles. The average Bonchev–Trinajstić information content (AvgIpc) is 0.755. The van der Waals surface area contributed by atoms with Crippen LogP contribution in [0.15, 0.2) is 11.6 Å². The van der Waals surface area contributed by atoms with Gasteiger partial charge in [-0.1, -0.05) is 53.2 Å². The first-order chi connectivity index (χ1) is 40.1. The lowest BCUT2D eigenvalue weighted by atomic mass is 9.32. The van der Waals surface area contributed by atoms with Crippen molar-refractivity contribution in [2.75, 3.05) is 33.0 Å². The summed E-state index contributed by atoms with van der Waals surface area (Å²) < 4.78 is 58.1. The maximum atomic E-state index is 15.4. The second-order valence-corrected chi connectivity index (χ2v) is 28.2. The number of fused-ring (bicyclic) bond motifs is 7. The zero-order chi connectivity index (χ0) is 63.1. The van der Waals surface area contributed by atoms with Crippen LogP contribution in [0, 0.1) is 50.2 Å². The van der Waals surface area contributed by atoms with Gasteiger partial charge in [0.25, 0.3) is 0 Å². The van der Waals surface area contributed by atoms with E-state index in [9.17, 15) is 91.6 Å². The molecule has 5 aliphatic heterocycles. The molecular formula is C57H90O29. The number of rotatable bonds is 13. The highest BCUT2D eigenvalue weighted by molar-refractivity contribution is 5.80. The van der Waals surface area contributed by atoms with Crippen molar-refractivity contribution in [3.05, 3.63) is 11.6 Å². The van der Waals surface area contributed by atoms with Crippen LogP contribution in [0.4, 0.5) is 0 Å². The maximum Gasteiger partial charge on any atom is 0.335 e. The van der Waals surface area contributed by atoms with E-state index < -0.39 is 242 Å². The number of ether oxygens (including phenoxy) is 10. The fourth-order valence-electron chi connectivity index (χ4n) is 17.5. The fourth-order valence-corrected chi connectivity index (χ4v) is 17.5. The van der Waals surface area contributed by atoms with Crippen molar-refractivity contribution >= 4 is 11.9 Å². The minimum Gasteiger partial charge on any atom is -0.479 e. The van der Waals surface area contributed by atoms with Gasteiger partial charge in [0.1, 0.15) is 84.3 Å². The molecule has 0 aromatic carbocycles. The molecule has 33 atom stereocenters. The highest BCUT2D eigenvalue weighted by Crippen LogP contribution is 2.76. The van der Waals surface area contributed by atoms with Crippen molar-refractivity contribution in [3.63, 3.8) is 0 Å². The van der Waals surface area contributed by atoms with Crippen LogP contribution in [0.5, 0.6) is 0 Å². The third-order valence-corrected chi connectivity index (χ3v) is 22.4. The van der Waals surface area contributed by atoms with Crippen molar-refractivity contribution < 1.29 is 144 Å². The second-order valence-electron chi connectivity index (χ2n) is 28.2. The molecule has 5 aliphatic carbocycles. The molecule has 10 aliphatic rings. The minimum atomic E-state index is -2.08. The van der Waals surface area contributed by atoms with Crippen LogP contribution in [0.2, 0.25) is 0 Å². The molecule has 5 saturated heterocycles. The summed E-state index contributed by atoms with van der Waals surface area (Å²) in [5.41, 5.74) is -7.61. The number of carboxylic acids is 1. The third-order valence-electron chi connectivity index (χ3n) is 22.4. The van der Waals surface area contributed by atoms with Gasteiger partial charge in [0.05, 0.1) is 63.6 Å². The predicted octanol–water partition coefficient (Wildman–Crippen LogP) is -5.29. The molecule has 0 amide bonds. The van der Waals surface area contributed by atoms with E-state index in [2.05, 4.69) is 19.9 Å². The Hall–Kier alpha value is -2.32. The smallest absolute Gasteiger partial charge is 0.335 e. The quantitative estimate of drug-likeness (QED) is 0.0465. The van der Waals surface area contributed by atoms with Gasteiger partial charge in [-0.05, 0) is 85.4 Å². The Morgan fingerprint density at radius 1 is 0.605 bits per heavy atom. The summed E-state index contributed by atoms with van der Waals surface area (Å²) in [7, 11) is 0. The maximum absolute atomic E-state index is 15.4. The second kappa shape index (κ2) is 23.7. The molecule has 492 valence electrons. The number of aliphatic hydroxyl groups excluding tert-OH is 15. The summed E-state index contributed by atoms with van der Waals surface area (Å²) in [6.07, 6.45) is -37.4. The van der Waals surface area contributed by atoms with Crippen LogP contribution >= 0.6 is 0 Å². The summed E-state index contributed by atoms with van der Waals surface area (Å²) in [6, 6.07) is 0. The van der Waals surface area contributed by atoms with Gasteiger partial charge < -0.3 is 134 Å². The zero-order valence-electron chi connectivity index (χ0n) is 49.2. The summed E-state index contributed by atoms with van der Waals surface area (Å²) in [6.45, 7) is 9.94. The van der Waals surface area contributed by atoms with Crippen molar-refractivity contribution in [2.45, 2.75) is 246 Å². The van der Waals surface area contributed by atoms with Crippen molar-refractivity contribution in [3.8, 4) is 0 Å². The summed E-state index contributed by atoms with van der Waals surface area (Å²) in [5.74, 6) is -4.44. The van der Waals surface area contributed by atoms with Gasteiger partial charge in [0.2, 0.25) is 6.29 Å². The Morgan fingerprint density at radius 3 is 1.88 bits per heavy atom. The Bertz CT molecular complexity index is 2490. The number of aliphatic hydroxyl groups is 16. The van der Waals surface area contributed by atoms with E-state index in [0.29, 0.717) is 19.3 Å². The van der Waals surface area contributed by atoms with Crippen LogP contribution in [0.3, 0.4) is 0 Å². The van der Waals surface area contributed by atoms with E-state index in [1.807, 2.05) is 20.8 Å². The van der Waals surface area contributed by atoms with E-state index in [1.165, 1.54) is 6.92 Å². The molecule has 0 spiro atoms. The molecule has 0 radical (unpaired) electrons. The lowest BCUT2D eigenvalue weighted by molar-refractivity contribution is -0.372. The van der Waals surface area contributed by atoms with E-state index >= 15 is 4.79 Å². The van der Waals surface area contributed by atoms with Gasteiger partial charge in [-0.3, -0.25) is 4.79 Å². The molecule has 29 heteroatoms. The number of allylic oxidation sites excluding steroid dienone is 2. The Balaban J connectivity index is 0.869. The van der Waals surface area contributed by atoms with Crippen LogP contribution in [-0.2, 0) is 57.0 Å². The molecule has 5 heterocycles. The number of hydrogen-bond acceptors (Lipinski definition) is 28. The molecule has 29 nitrogen and oxygen atoms in total. The molecule has 0 bridgehead atoms. The Morgan fingerprint density at radius 2 is 1.23 bits per heavy atom. The third kappa shape index (κ3) is 10.5. The first-order valence-corrected chi connectivity index (χ1v) is 29.8.